The predicted molar refractivity (Wildman–Crippen MR) is 38.8 cm³/mol. The second-order valence-corrected chi connectivity index (χ2v) is 1.88. The molecule has 0 heteroatoms. The lowest BCUT2D eigenvalue weighted by atomic mass is 10.1. The third-order valence-electron chi connectivity index (χ3n) is 0.994. The monoisotopic (exact) mass is 108 g/mol. The average molecular weight is 108 g/mol. The van der Waals surface area contributed by atoms with Gasteiger partial charge in [0.25, 0.3) is 0 Å². The zero-order valence-electron chi connectivity index (χ0n) is 5.41. The van der Waals surface area contributed by atoms with Crippen LogP contribution in [0.25, 0.3) is 0 Å². The normalized spacial score (nSPS) is 8.12. The van der Waals surface area contributed by atoms with Gasteiger partial charge in [-0.3, -0.25) is 0 Å². The van der Waals surface area contributed by atoms with Crippen molar-refractivity contribution in [2.75, 3.05) is 0 Å². The summed E-state index contributed by atoms with van der Waals surface area (Å²) < 4.78 is 0. The van der Waals surface area contributed by atoms with Crippen molar-refractivity contribution < 1.29 is 0 Å². The Balaban J connectivity index is 3.65. The van der Waals surface area contributed by atoms with Crippen molar-refractivity contribution in [2.45, 2.75) is 13.3 Å². The Hall–Kier alpha value is -0.780. The van der Waals surface area contributed by atoms with E-state index in [2.05, 4.69) is 19.7 Å². The maximum absolute atomic E-state index is 3.77. The van der Waals surface area contributed by atoms with Crippen molar-refractivity contribution in [2.24, 2.45) is 0 Å². The number of hydrogen-bond acceptors (Lipinski definition) is 0. The SMILES string of the molecule is C=CCC(=C)C(=C)C. The van der Waals surface area contributed by atoms with Crippen molar-refractivity contribution >= 4 is 0 Å². The maximum atomic E-state index is 3.77. The van der Waals surface area contributed by atoms with E-state index >= 15 is 0 Å². The minimum Gasteiger partial charge on any atom is -0.103 e. The molecule has 0 heterocycles. The van der Waals surface area contributed by atoms with Gasteiger partial charge in [0.2, 0.25) is 0 Å². The number of rotatable bonds is 3. The summed E-state index contributed by atoms with van der Waals surface area (Å²) >= 11 is 0. The van der Waals surface area contributed by atoms with Gasteiger partial charge in [-0.15, -0.1) is 6.58 Å². The molecule has 0 spiro atoms. The molecule has 0 aromatic rings. The Kier molecular flexibility index (Phi) is 2.93. The third-order valence-corrected chi connectivity index (χ3v) is 0.994. The lowest BCUT2D eigenvalue weighted by Gasteiger charge is -1.96. The van der Waals surface area contributed by atoms with Crippen LogP contribution in [0.1, 0.15) is 13.3 Å². The molecule has 0 N–H and O–H groups in total. The second kappa shape index (κ2) is 3.25. The Morgan fingerprint density at radius 2 is 2.00 bits per heavy atom. The lowest BCUT2D eigenvalue weighted by Crippen LogP contribution is -1.76. The van der Waals surface area contributed by atoms with Gasteiger partial charge in [-0.05, 0) is 18.9 Å². The number of hydrogen-bond donors (Lipinski definition) is 0. The molecule has 0 aliphatic rings. The van der Waals surface area contributed by atoms with Gasteiger partial charge in [0.15, 0.2) is 0 Å². The first-order valence-corrected chi connectivity index (χ1v) is 2.63. The van der Waals surface area contributed by atoms with Crippen LogP contribution < -0.4 is 0 Å². The Bertz CT molecular complexity index is 118. The Morgan fingerprint density at radius 1 is 1.50 bits per heavy atom. The van der Waals surface area contributed by atoms with Crippen LogP contribution >= 0.6 is 0 Å². The smallest absolute Gasteiger partial charge is 0.0104 e. The summed E-state index contributed by atoms with van der Waals surface area (Å²) in [4.78, 5) is 0. The molecule has 0 aromatic carbocycles. The zero-order chi connectivity index (χ0) is 6.57. The lowest BCUT2D eigenvalue weighted by molar-refractivity contribution is 1.23. The topological polar surface area (TPSA) is 0 Å². The molecule has 0 bridgehead atoms. The molecule has 0 nitrogen and oxygen atoms in total. The first-order valence-electron chi connectivity index (χ1n) is 2.63. The van der Waals surface area contributed by atoms with E-state index in [9.17, 15) is 0 Å². The van der Waals surface area contributed by atoms with E-state index in [-0.39, 0.29) is 0 Å². The van der Waals surface area contributed by atoms with Crippen molar-refractivity contribution in [3.8, 4) is 0 Å². The molecule has 8 heavy (non-hydrogen) atoms. The van der Waals surface area contributed by atoms with Gasteiger partial charge in [0, 0.05) is 0 Å². The molecule has 0 atom stereocenters. The molecule has 0 saturated carbocycles. The highest BCUT2D eigenvalue weighted by atomic mass is 13.9. The van der Waals surface area contributed by atoms with Crippen LogP contribution in [0.2, 0.25) is 0 Å². The summed E-state index contributed by atoms with van der Waals surface area (Å²) in [5.41, 5.74) is 2.12. The molecule has 0 unspecified atom stereocenters. The van der Waals surface area contributed by atoms with Crippen LogP contribution in [0, 0.1) is 0 Å². The van der Waals surface area contributed by atoms with Gasteiger partial charge >= 0.3 is 0 Å². The van der Waals surface area contributed by atoms with E-state index in [1.807, 2.05) is 13.0 Å². The van der Waals surface area contributed by atoms with E-state index in [1.165, 1.54) is 0 Å². The van der Waals surface area contributed by atoms with E-state index in [0.29, 0.717) is 0 Å². The van der Waals surface area contributed by atoms with Gasteiger partial charge in [0.1, 0.15) is 0 Å². The van der Waals surface area contributed by atoms with Crippen LogP contribution in [0.15, 0.2) is 37.0 Å². The van der Waals surface area contributed by atoms with Crippen LogP contribution in [0.5, 0.6) is 0 Å². The fourth-order valence-corrected chi connectivity index (χ4v) is 0.348. The van der Waals surface area contributed by atoms with Crippen molar-refractivity contribution in [1.29, 1.82) is 0 Å². The van der Waals surface area contributed by atoms with Gasteiger partial charge < -0.3 is 0 Å². The Morgan fingerprint density at radius 3 is 2.12 bits per heavy atom. The van der Waals surface area contributed by atoms with E-state index in [0.717, 1.165) is 17.6 Å². The molecule has 0 fully saturated rings. The van der Waals surface area contributed by atoms with Gasteiger partial charge in [0.05, 0.1) is 0 Å². The molecular formula is C8H12. The summed E-state index contributed by atoms with van der Waals surface area (Å²) in [5.74, 6) is 0. The summed E-state index contributed by atoms with van der Waals surface area (Å²) in [6, 6.07) is 0. The number of allylic oxidation sites excluding steroid dienone is 3. The molecule has 0 rings (SSSR count). The fourth-order valence-electron chi connectivity index (χ4n) is 0.348. The molecule has 0 radical (unpaired) electrons. The first kappa shape index (κ1) is 7.22. The second-order valence-electron chi connectivity index (χ2n) is 1.88. The summed E-state index contributed by atoms with van der Waals surface area (Å²) in [6.45, 7) is 13.0. The van der Waals surface area contributed by atoms with Crippen LogP contribution in [-0.4, -0.2) is 0 Å². The van der Waals surface area contributed by atoms with E-state index in [4.69, 9.17) is 0 Å². The highest BCUT2D eigenvalue weighted by molar-refractivity contribution is 5.24. The van der Waals surface area contributed by atoms with Crippen molar-refractivity contribution in [1.82, 2.24) is 0 Å². The standard InChI is InChI=1S/C8H12/c1-5-6-8(4)7(2)3/h5H,1-2,4,6H2,3H3. The molecular weight excluding hydrogens is 96.1 g/mol. The average Bonchev–Trinajstić information content (AvgIpc) is 1.67. The van der Waals surface area contributed by atoms with Gasteiger partial charge in [-0.25, -0.2) is 0 Å². The largest absolute Gasteiger partial charge is 0.103 e. The highest BCUT2D eigenvalue weighted by Crippen LogP contribution is 2.07. The van der Waals surface area contributed by atoms with E-state index in [1.54, 1.807) is 0 Å². The molecule has 44 valence electrons. The molecule has 0 aromatic heterocycles. The predicted octanol–water partition coefficient (Wildman–Crippen LogP) is 2.69. The van der Waals surface area contributed by atoms with Crippen molar-refractivity contribution in [3.05, 3.63) is 37.0 Å². The third kappa shape index (κ3) is 2.40. The fraction of sp³-hybridized carbons (Fsp3) is 0.250. The minimum absolute atomic E-state index is 0.856. The zero-order valence-corrected chi connectivity index (χ0v) is 5.41. The van der Waals surface area contributed by atoms with Crippen LogP contribution in [-0.2, 0) is 0 Å². The van der Waals surface area contributed by atoms with Crippen LogP contribution in [0.4, 0.5) is 0 Å². The molecule has 0 aliphatic carbocycles. The minimum atomic E-state index is 0.856. The van der Waals surface area contributed by atoms with Crippen molar-refractivity contribution in [3.63, 3.8) is 0 Å². The maximum Gasteiger partial charge on any atom is -0.0104 e. The molecule has 0 saturated heterocycles. The van der Waals surface area contributed by atoms with Gasteiger partial charge in [-0.1, -0.05) is 24.8 Å². The van der Waals surface area contributed by atoms with Gasteiger partial charge in [-0.2, -0.15) is 0 Å². The molecule has 0 aliphatic heterocycles. The quantitative estimate of drug-likeness (QED) is 0.385. The Labute approximate surface area is 51.2 Å². The van der Waals surface area contributed by atoms with E-state index < -0.39 is 0 Å². The molecule has 0 amide bonds. The van der Waals surface area contributed by atoms with Crippen LogP contribution in [0.3, 0.4) is 0 Å². The summed E-state index contributed by atoms with van der Waals surface area (Å²) in [6.07, 6.45) is 2.69. The first-order chi connectivity index (χ1) is 3.68. The summed E-state index contributed by atoms with van der Waals surface area (Å²) in [7, 11) is 0. The highest BCUT2D eigenvalue weighted by Gasteiger charge is 1.87. The summed E-state index contributed by atoms with van der Waals surface area (Å²) in [5, 5.41) is 0.